The molecule has 2 aromatic heterocycles. The largest absolute Gasteiger partial charge is 0.487 e. The minimum atomic E-state index is -0.213. The minimum Gasteiger partial charge on any atom is -0.487 e. The number of aromatic nitrogens is 3. The van der Waals surface area contributed by atoms with E-state index in [0.29, 0.717) is 23.7 Å². The quantitative estimate of drug-likeness (QED) is 0.779. The number of aryl methyl sites for hydroxylation is 1. The predicted octanol–water partition coefficient (Wildman–Crippen LogP) is 3.07. The van der Waals surface area contributed by atoms with Crippen LogP contribution in [0.25, 0.3) is 0 Å². The molecule has 116 valence electrons. The smallest absolute Gasteiger partial charge is 0.256 e. The van der Waals surface area contributed by atoms with Crippen molar-refractivity contribution in [2.45, 2.75) is 13.5 Å². The maximum Gasteiger partial charge on any atom is 0.256 e. The Labute approximate surface area is 137 Å². The number of nitrogens with one attached hydrogen (secondary N) is 1. The topological polar surface area (TPSA) is 77.0 Å². The Morgan fingerprint density at radius 3 is 2.65 bits per heavy atom. The van der Waals surface area contributed by atoms with Crippen LogP contribution < -0.4 is 10.1 Å². The van der Waals surface area contributed by atoms with E-state index in [-0.39, 0.29) is 5.91 Å². The lowest BCUT2D eigenvalue weighted by molar-refractivity contribution is 0.102. The Morgan fingerprint density at radius 1 is 1.17 bits per heavy atom. The third-order valence-corrected chi connectivity index (χ3v) is 3.80. The summed E-state index contributed by atoms with van der Waals surface area (Å²) in [5.74, 6) is 0.978. The monoisotopic (exact) mass is 326 g/mol. The number of carbonyl (C=O) groups is 1. The molecule has 0 radical (unpaired) electrons. The Morgan fingerprint density at radius 2 is 2.00 bits per heavy atom. The minimum absolute atomic E-state index is 0.213. The van der Waals surface area contributed by atoms with Crippen molar-refractivity contribution in [2.75, 3.05) is 5.32 Å². The molecule has 3 rings (SSSR count). The number of hydrogen-bond donors (Lipinski definition) is 1. The Bertz CT molecular complexity index is 787. The Balaban J connectivity index is 1.60. The zero-order valence-corrected chi connectivity index (χ0v) is 13.2. The van der Waals surface area contributed by atoms with Crippen LogP contribution in [-0.4, -0.2) is 19.6 Å². The first kappa shape index (κ1) is 15.1. The number of anilines is 1. The molecule has 23 heavy (non-hydrogen) atoms. The molecule has 7 heteroatoms. The second-order valence-electron chi connectivity index (χ2n) is 4.78. The summed E-state index contributed by atoms with van der Waals surface area (Å²) in [5.41, 5.74) is 2.24. The van der Waals surface area contributed by atoms with Gasteiger partial charge in [-0.15, -0.1) is 0 Å². The molecule has 1 amide bonds. The van der Waals surface area contributed by atoms with Crippen molar-refractivity contribution >= 4 is 23.5 Å². The van der Waals surface area contributed by atoms with Crippen LogP contribution in [0.15, 0.2) is 48.7 Å². The fraction of sp³-hybridized carbons (Fsp3) is 0.125. The van der Waals surface area contributed by atoms with Crippen LogP contribution in [0.5, 0.6) is 5.75 Å². The number of ether oxygens (including phenoxy) is 1. The average Bonchev–Trinajstić information content (AvgIpc) is 2.99. The molecule has 3 aromatic rings. The summed E-state index contributed by atoms with van der Waals surface area (Å²) < 4.78 is 13.9. The van der Waals surface area contributed by atoms with Gasteiger partial charge in [-0.1, -0.05) is 6.07 Å². The predicted molar refractivity (Wildman–Crippen MR) is 87.6 cm³/mol. The Hall–Kier alpha value is -2.80. The van der Waals surface area contributed by atoms with Crippen LogP contribution in [0.1, 0.15) is 21.7 Å². The van der Waals surface area contributed by atoms with Gasteiger partial charge >= 0.3 is 0 Å². The summed E-state index contributed by atoms with van der Waals surface area (Å²) in [6, 6.07) is 12.3. The van der Waals surface area contributed by atoms with Gasteiger partial charge in [0.1, 0.15) is 23.9 Å². The van der Waals surface area contributed by atoms with Gasteiger partial charge in [-0.2, -0.15) is 8.75 Å². The average molecular weight is 326 g/mol. The second-order valence-corrected chi connectivity index (χ2v) is 5.31. The molecule has 0 fully saturated rings. The highest BCUT2D eigenvalue weighted by atomic mass is 32.1. The molecule has 1 aromatic carbocycles. The van der Waals surface area contributed by atoms with E-state index in [4.69, 9.17) is 4.74 Å². The molecule has 0 aliphatic carbocycles. The third kappa shape index (κ3) is 3.89. The van der Waals surface area contributed by atoms with E-state index in [1.807, 2.05) is 13.0 Å². The molecule has 0 atom stereocenters. The molecule has 1 N–H and O–H groups in total. The number of hydrogen-bond acceptors (Lipinski definition) is 6. The van der Waals surface area contributed by atoms with E-state index in [1.54, 1.807) is 42.6 Å². The molecule has 2 heterocycles. The van der Waals surface area contributed by atoms with E-state index in [2.05, 4.69) is 19.0 Å². The summed E-state index contributed by atoms with van der Waals surface area (Å²) >= 11 is 1.17. The van der Waals surface area contributed by atoms with Gasteiger partial charge < -0.3 is 10.1 Å². The van der Waals surface area contributed by atoms with Crippen LogP contribution in [0, 0.1) is 6.92 Å². The SMILES string of the molecule is Cc1nsnc1COc1ccc(C(=O)Nc2ccccn2)cc1. The second kappa shape index (κ2) is 6.97. The molecule has 0 aliphatic heterocycles. The number of rotatable bonds is 5. The summed E-state index contributed by atoms with van der Waals surface area (Å²) in [5, 5.41) is 2.73. The molecule has 0 bridgehead atoms. The number of carbonyl (C=O) groups excluding carboxylic acids is 1. The van der Waals surface area contributed by atoms with Crippen molar-refractivity contribution in [3.05, 3.63) is 65.6 Å². The summed E-state index contributed by atoms with van der Waals surface area (Å²) in [7, 11) is 0. The van der Waals surface area contributed by atoms with Gasteiger partial charge in [-0.25, -0.2) is 4.98 Å². The first-order valence-electron chi connectivity index (χ1n) is 6.95. The van der Waals surface area contributed by atoms with E-state index >= 15 is 0 Å². The zero-order chi connectivity index (χ0) is 16.1. The highest BCUT2D eigenvalue weighted by molar-refractivity contribution is 6.99. The fourth-order valence-corrected chi connectivity index (χ4v) is 2.41. The van der Waals surface area contributed by atoms with E-state index in [9.17, 15) is 4.79 Å². The molecule has 0 saturated carbocycles. The molecule has 0 spiro atoms. The van der Waals surface area contributed by atoms with Gasteiger partial charge in [0.2, 0.25) is 0 Å². The summed E-state index contributed by atoms with van der Waals surface area (Å²) in [6.45, 7) is 2.26. The van der Waals surface area contributed by atoms with Gasteiger partial charge in [0.15, 0.2) is 0 Å². The number of nitrogens with zero attached hydrogens (tertiary/aromatic N) is 3. The standard InChI is InChI=1S/C16H14N4O2S/c1-11-14(20-23-19-11)10-22-13-7-5-12(6-8-13)16(21)18-15-4-2-3-9-17-15/h2-9H,10H2,1H3,(H,17,18,21). The third-order valence-electron chi connectivity index (χ3n) is 3.14. The highest BCUT2D eigenvalue weighted by Crippen LogP contribution is 2.16. The van der Waals surface area contributed by atoms with Crippen molar-refractivity contribution in [3.63, 3.8) is 0 Å². The van der Waals surface area contributed by atoms with E-state index in [0.717, 1.165) is 11.4 Å². The van der Waals surface area contributed by atoms with Crippen LogP contribution >= 0.6 is 11.7 Å². The van der Waals surface area contributed by atoms with Crippen molar-refractivity contribution in [1.29, 1.82) is 0 Å². The zero-order valence-electron chi connectivity index (χ0n) is 12.4. The highest BCUT2D eigenvalue weighted by Gasteiger charge is 2.08. The van der Waals surface area contributed by atoms with Gasteiger partial charge in [0.25, 0.3) is 5.91 Å². The van der Waals surface area contributed by atoms with E-state index in [1.165, 1.54) is 11.7 Å². The van der Waals surface area contributed by atoms with Crippen LogP contribution in [0.3, 0.4) is 0 Å². The van der Waals surface area contributed by atoms with E-state index < -0.39 is 0 Å². The number of amides is 1. The molecule has 6 nitrogen and oxygen atoms in total. The first-order valence-corrected chi connectivity index (χ1v) is 7.68. The Kier molecular flexibility index (Phi) is 4.58. The van der Waals surface area contributed by atoms with Crippen molar-refractivity contribution in [1.82, 2.24) is 13.7 Å². The first-order chi connectivity index (χ1) is 11.2. The van der Waals surface area contributed by atoms with Gasteiger partial charge in [0, 0.05) is 11.8 Å². The lowest BCUT2D eigenvalue weighted by Gasteiger charge is -2.07. The molecule has 0 unspecified atom stereocenters. The van der Waals surface area contributed by atoms with Gasteiger partial charge in [0.05, 0.1) is 17.4 Å². The summed E-state index contributed by atoms with van der Waals surface area (Å²) in [6.07, 6.45) is 1.63. The molecular weight excluding hydrogens is 312 g/mol. The van der Waals surface area contributed by atoms with Crippen molar-refractivity contribution in [2.24, 2.45) is 0 Å². The summed E-state index contributed by atoms with van der Waals surface area (Å²) in [4.78, 5) is 16.2. The van der Waals surface area contributed by atoms with Crippen LogP contribution in [0.2, 0.25) is 0 Å². The van der Waals surface area contributed by atoms with Crippen molar-refractivity contribution in [3.8, 4) is 5.75 Å². The number of benzene rings is 1. The van der Waals surface area contributed by atoms with Crippen LogP contribution in [0.4, 0.5) is 5.82 Å². The van der Waals surface area contributed by atoms with Crippen LogP contribution in [-0.2, 0) is 6.61 Å². The van der Waals surface area contributed by atoms with Gasteiger partial charge in [-0.05, 0) is 43.3 Å². The lowest BCUT2D eigenvalue weighted by Crippen LogP contribution is -2.12. The normalized spacial score (nSPS) is 10.3. The van der Waals surface area contributed by atoms with Gasteiger partial charge in [-0.3, -0.25) is 4.79 Å². The maximum absolute atomic E-state index is 12.1. The molecule has 0 saturated heterocycles. The molecular formula is C16H14N4O2S. The van der Waals surface area contributed by atoms with Crippen molar-refractivity contribution < 1.29 is 9.53 Å². The fourth-order valence-electron chi connectivity index (χ4n) is 1.86. The number of pyridine rings is 1. The lowest BCUT2D eigenvalue weighted by atomic mass is 10.2. The molecule has 0 aliphatic rings. The maximum atomic E-state index is 12.1.